The van der Waals surface area contributed by atoms with E-state index in [4.69, 9.17) is 0 Å². The Hall–Kier alpha value is -1.24. The van der Waals surface area contributed by atoms with Crippen molar-refractivity contribution in [3.63, 3.8) is 0 Å². The average molecular weight is 296 g/mol. The minimum absolute atomic E-state index is 0.00641. The molecule has 0 aliphatic carbocycles. The molecule has 1 saturated heterocycles. The summed E-state index contributed by atoms with van der Waals surface area (Å²) < 4.78 is 28.2. The fourth-order valence-electron chi connectivity index (χ4n) is 2.39. The van der Waals surface area contributed by atoms with Gasteiger partial charge in [-0.3, -0.25) is 4.79 Å². The van der Waals surface area contributed by atoms with Crippen LogP contribution in [0, 0.1) is 0 Å². The van der Waals surface area contributed by atoms with Crippen LogP contribution in [0.5, 0.6) is 0 Å². The molecule has 20 heavy (non-hydrogen) atoms. The maximum absolute atomic E-state index is 12.2. The summed E-state index contributed by atoms with van der Waals surface area (Å²) in [7, 11) is -3.57. The number of ketones is 1. The van der Waals surface area contributed by atoms with Crippen molar-refractivity contribution in [3.05, 3.63) is 35.9 Å². The Balaban J connectivity index is 1.97. The van der Waals surface area contributed by atoms with Crippen molar-refractivity contribution in [1.29, 1.82) is 0 Å². The Morgan fingerprint density at radius 2 is 2.00 bits per heavy atom. The zero-order chi connectivity index (χ0) is 14.6. The predicted octanol–water partition coefficient (Wildman–Crippen LogP) is 1.58. The summed E-state index contributed by atoms with van der Waals surface area (Å²) in [6.07, 6.45) is 2.79. The van der Waals surface area contributed by atoms with Gasteiger partial charge in [-0.05, 0) is 19.8 Å². The summed E-state index contributed by atoms with van der Waals surface area (Å²) in [5, 5.41) is 0. The van der Waals surface area contributed by atoms with Gasteiger partial charge in [-0.25, -0.2) is 0 Å². The normalized spacial score (nSPS) is 20.8. The molecule has 1 N–H and O–H groups in total. The highest BCUT2D eigenvalue weighted by molar-refractivity contribution is 7.87. The topological polar surface area (TPSA) is 66.5 Å². The van der Waals surface area contributed by atoms with Gasteiger partial charge in [0.05, 0.1) is 6.54 Å². The van der Waals surface area contributed by atoms with E-state index in [0.717, 1.165) is 19.3 Å². The van der Waals surface area contributed by atoms with Gasteiger partial charge < -0.3 is 0 Å². The van der Waals surface area contributed by atoms with Gasteiger partial charge >= 0.3 is 0 Å². The first-order chi connectivity index (χ1) is 9.50. The van der Waals surface area contributed by atoms with Crippen LogP contribution in [-0.4, -0.2) is 37.6 Å². The fourth-order valence-corrected chi connectivity index (χ4v) is 3.82. The van der Waals surface area contributed by atoms with Crippen molar-refractivity contribution in [2.75, 3.05) is 13.1 Å². The van der Waals surface area contributed by atoms with Gasteiger partial charge in [0, 0.05) is 18.2 Å². The number of hydrogen-bond acceptors (Lipinski definition) is 3. The highest BCUT2D eigenvalue weighted by atomic mass is 32.2. The van der Waals surface area contributed by atoms with E-state index in [1.165, 1.54) is 4.31 Å². The molecule has 1 aromatic carbocycles. The van der Waals surface area contributed by atoms with E-state index < -0.39 is 10.2 Å². The van der Waals surface area contributed by atoms with Gasteiger partial charge in [0.15, 0.2) is 5.78 Å². The molecule has 1 atom stereocenters. The monoisotopic (exact) mass is 296 g/mol. The summed E-state index contributed by atoms with van der Waals surface area (Å²) >= 11 is 0. The van der Waals surface area contributed by atoms with Gasteiger partial charge in [-0.2, -0.15) is 17.4 Å². The molecule has 1 fully saturated rings. The molecular formula is C14H20N2O3S. The lowest BCUT2D eigenvalue weighted by atomic mass is 10.1. The van der Waals surface area contributed by atoms with Gasteiger partial charge in [-0.1, -0.05) is 36.8 Å². The van der Waals surface area contributed by atoms with E-state index >= 15 is 0 Å². The highest BCUT2D eigenvalue weighted by Crippen LogP contribution is 2.18. The number of carbonyl (C=O) groups is 1. The third kappa shape index (κ3) is 3.65. The summed E-state index contributed by atoms with van der Waals surface area (Å²) in [6, 6.07) is 8.69. The molecule has 1 aliphatic rings. The molecule has 1 aromatic rings. The number of nitrogens with zero attached hydrogens (tertiary/aromatic N) is 1. The Morgan fingerprint density at radius 1 is 1.30 bits per heavy atom. The van der Waals surface area contributed by atoms with Gasteiger partial charge in [0.25, 0.3) is 10.2 Å². The highest BCUT2D eigenvalue weighted by Gasteiger charge is 2.29. The smallest absolute Gasteiger partial charge is 0.280 e. The summed E-state index contributed by atoms with van der Waals surface area (Å²) in [5.41, 5.74) is 0.516. The molecule has 1 unspecified atom stereocenters. The molecule has 0 aromatic heterocycles. The molecule has 0 bridgehead atoms. The van der Waals surface area contributed by atoms with Crippen molar-refractivity contribution in [3.8, 4) is 0 Å². The number of nitrogens with one attached hydrogen (secondary N) is 1. The van der Waals surface area contributed by atoms with Crippen LogP contribution in [0.1, 0.15) is 36.5 Å². The second-order valence-corrected chi connectivity index (χ2v) is 6.78. The summed E-state index contributed by atoms with van der Waals surface area (Å²) in [4.78, 5) is 11.9. The number of rotatable bonds is 5. The molecule has 1 aliphatic heterocycles. The van der Waals surface area contributed by atoms with Crippen molar-refractivity contribution < 1.29 is 13.2 Å². The molecule has 0 spiro atoms. The predicted molar refractivity (Wildman–Crippen MR) is 77.7 cm³/mol. The van der Waals surface area contributed by atoms with Crippen LogP contribution >= 0.6 is 0 Å². The molecule has 5 nitrogen and oxygen atoms in total. The number of benzene rings is 1. The Kier molecular flexibility index (Phi) is 4.91. The summed E-state index contributed by atoms with van der Waals surface area (Å²) in [5.74, 6) is -0.223. The quantitative estimate of drug-likeness (QED) is 0.839. The number of carbonyl (C=O) groups excluding carboxylic acids is 1. The van der Waals surface area contributed by atoms with E-state index in [-0.39, 0.29) is 18.4 Å². The minimum Gasteiger partial charge on any atom is -0.293 e. The Labute approximate surface area is 120 Å². The van der Waals surface area contributed by atoms with E-state index in [1.54, 1.807) is 24.3 Å². The Morgan fingerprint density at radius 3 is 2.65 bits per heavy atom. The maximum atomic E-state index is 12.2. The second kappa shape index (κ2) is 6.47. The first-order valence-electron chi connectivity index (χ1n) is 6.85. The van der Waals surface area contributed by atoms with Crippen LogP contribution < -0.4 is 4.72 Å². The fraction of sp³-hybridized carbons (Fsp3) is 0.500. The van der Waals surface area contributed by atoms with Gasteiger partial charge in [0.2, 0.25) is 0 Å². The zero-order valence-corrected chi connectivity index (χ0v) is 12.4. The van der Waals surface area contributed by atoms with E-state index in [9.17, 15) is 13.2 Å². The SMILES string of the molecule is CC1CCCCN1S(=O)(=O)NCC(=O)c1ccccc1. The number of hydrogen-bond donors (Lipinski definition) is 1. The van der Waals surface area contributed by atoms with Crippen LogP contribution in [-0.2, 0) is 10.2 Å². The first kappa shape index (κ1) is 15.2. The largest absolute Gasteiger partial charge is 0.293 e. The molecular weight excluding hydrogens is 276 g/mol. The van der Waals surface area contributed by atoms with E-state index in [2.05, 4.69) is 4.72 Å². The lowest BCUT2D eigenvalue weighted by molar-refractivity contribution is 0.0996. The Bertz CT molecular complexity index is 557. The lowest BCUT2D eigenvalue weighted by Crippen LogP contribution is -2.48. The van der Waals surface area contributed by atoms with Crippen molar-refractivity contribution in [2.45, 2.75) is 32.2 Å². The minimum atomic E-state index is -3.57. The molecule has 0 saturated carbocycles. The number of Topliss-reactive ketones (excluding diaryl/α,β-unsaturated/α-hetero) is 1. The zero-order valence-electron chi connectivity index (χ0n) is 11.6. The lowest BCUT2D eigenvalue weighted by Gasteiger charge is -2.32. The third-order valence-electron chi connectivity index (χ3n) is 3.56. The van der Waals surface area contributed by atoms with Crippen molar-refractivity contribution in [2.24, 2.45) is 0 Å². The molecule has 0 amide bonds. The van der Waals surface area contributed by atoms with Crippen LogP contribution in [0.25, 0.3) is 0 Å². The summed E-state index contributed by atoms with van der Waals surface area (Å²) in [6.45, 7) is 2.23. The average Bonchev–Trinajstić information content (AvgIpc) is 2.46. The molecule has 110 valence electrons. The van der Waals surface area contributed by atoms with Gasteiger partial charge in [-0.15, -0.1) is 0 Å². The first-order valence-corrected chi connectivity index (χ1v) is 8.29. The van der Waals surface area contributed by atoms with Crippen LogP contribution in [0.3, 0.4) is 0 Å². The van der Waals surface area contributed by atoms with Crippen LogP contribution in [0.2, 0.25) is 0 Å². The van der Waals surface area contributed by atoms with Gasteiger partial charge in [0.1, 0.15) is 0 Å². The molecule has 0 radical (unpaired) electrons. The van der Waals surface area contributed by atoms with E-state index in [0.29, 0.717) is 12.1 Å². The standard InChI is InChI=1S/C14H20N2O3S/c1-12-7-5-6-10-16(12)20(18,19)15-11-14(17)13-8-3-2-4-9-13/h2-4,8-9,12,15H,5-7,10-11H2,1H3. The maximum Gasteiger partial charge on any atom is 0.280 e. The molecule has 6 heteroatoms. The second-order valence-electron chi connectivity index (χ2n) is 5.07. The van der Waals surface area contributed by atoms with E-state index in [1.807, 2.05) is 13.0 Å². The van der Waals surface area contributed by atoms with Crippen LogP contribution in [0.15, 0.2) is 30.3 Å². The van der Waals surface area contributed by atoms with Crippen LogP contribution in [0.4, 0.5) is 0 Å². The number of piperidine rings is 1. The molecule has 2 rings (SSSR count). The molecule has 1 heterocycles. The third-order valence-corrected chi connectivity index (χ3v) is 5.23. The van der Waals surface area contributed by atoms with Crippen molar-refractivity contribution >= 4 is 16.0 Å². The van der Waals surface area contributed by atoms with Crippen molar-refractivity contribution in [1.82, 2.24) is 9.03 Å².